The number of ether oxygens (including phenoxy) is 3. The molecule has 0 N–H and O–H groups in total. The van der Waals surface area contributed by atoms with Crippen molar-refractivity contribution in [1.29, 1.82) is 0 Å². The molecule has 0 aromatic rings. The average molecular weight is 190 g/mol. The number of rotatable bonds is 5. The van der Waals surface area contributed by atoms with Crippen molar-refractivity contribution in [3.05, 3.63) is 0 Å². The molecule has 0 saturated carbocycles. The summed E-state index contributed by atoms with van der Waals surface area (Å²) in [6.45, 7) is 3.27. The van der Waals surface area contributed by atoms with Gasteiger partial charge >= 0.3 is 11.9 Å². The van der Waals surface area contributed by atoms with Gasteiger partial charge in [0.15, 0.2) is 6.10 Å². The number of hydrogen-bond acceptors (Lipinski definition) is 5. The molecule has 0 aliphatic rings. The van der Waals surface area contributed by atoms with E-state index < -0.39 is 18.0 Å². The minimum Gasteiger partial charge on any atom is -0.467 e. The van der Waals surface area contributed by atoms with Crippen molar-refractivity contribution in [2.45, 2.75) is 20.0 Å². The van der Waals surface area contributed by atoms with Crippen LogP contribution in [0.3, 0.4) is 0 Å². The highest BCUT2D eigenvalue weighted by molar-refractivity contribution is 5.75. The molecule has 1 atom stereocenters. The van der Waals surface area contributed by atoms with Crippen molar-refractivity contribution >= 4 is 11.9 Å². The molecular formula is C8H14O5. The molecule has 0 bridgehead atoms. The molecule has 0 amide bonds. The van der Waals surface area contributed by atoms with Crippen LogP contribution >= 0.6 is 0 Å². The molecule has 13 heavy (non-hydrogen) atoms. The summed E-state index contributed by atoms with van der Waals surface area (Å²) < 4.78 is 13.8. The van der Waals surface area contributed by atoms with E-state index in [0.29, 0.717) is 6.61 Å². The van der Waals surface area contributed by atoms with E-state index in [0.717, 1.165) is 0 Å². The van der Waals surface area contributed by atoms with Gasteiger partial charge in [-0.05, 0) is 13.8 Å². The Balaban J connectivity index is 3.63. The van der Waals surface area contributed by atoms with Crippen LogP contribution in [0.25, 0.3) is 0 Å². The lowest BCUT2D eigenvalue weighted by molar-refractivity contribution is -0.160. The van der Waals surface area contributed by atoms with Gasteiger partial charge < -0.3 is 14.2 Å². The predicted octanol–water partition coefficient (Wildman–Crippen LogP) is 0.128. The molecule has 0 aromatic heterocycles. The van der Waals surface area contributed by atoms with Crippen molar-refractivity contribution in [3.63, 3.8) is 0 Å². The number of carbonyl (C=O) groups excluding carboxylic acids is 2. The summed E-state index contributed by atoms with van der Waals surface area (Å²) in [5, 5.41) is 0. The molecule has 0 aliphatic heterocycles. The summed E-state index contributed by atoms with van der Waals surface area (Å²) in [6, 6.07) is 0. The van der Waals surface area contributed by atoms with Crippen molar-refractivity contribution in [1.82, 2.24) is 0 Å². The van der Waals surface area contributed by atoms with Gasteiger partial charge in [0.2, 0.25) is 0 Å². The number of hydrogen-bond donors (Lipinski definition) is 0. The minimum absolute atomic E-state index is 0.232. The Morgan fingerprint density at radius 1 is 1.38 bits per heavy atom. The number of carbonyl (C=O) groups is 2. The zero-order valence-corrected chi connectivity index (χ0v) is 8.03. The SMILES string of the molecule is CCOC(=O)CO[C@H](C)C(=O)OC. The van der Waals surface area contributed by atoms with Gasteiger partial charge in [-0.15, -0.1) is 0 Å². The quantitative estimate of drug-likeness (QED) is 0.576. The van der Waals surface area contributed by atoms with E-state index in [9.17, 15) is 9.59 Å². The lowest BCUT2D eigenvalue weighted by Crippen LogP contribution is -2.25. The summed E-state index contributed by atoms with van der Waals surface area (Å²) in [7, 11) is 1.26. The van der Waals surface area contributed by atoms with Crippen LogP contribution in [0, 0.1) is 0 Å². The lowest BCUT2D eigenvalue weighted by atomic mass is 10.4. The molecule has 0 fully saturated rings. The number of methoxy groups -OCH3 is 1. The van der Waals surface area contributed by atoms with Gasteiger partial charge in [0, 0.05) is 0 Å². The topological polar surface area (TPSA) is 61.8 Å². The Kier molecular flexibility index (Phi) is 5.88. The van der Waals surface area contributed by atoms with Crippen molar-refractivity contribution in [2.75, 3.05) is 20.3 Å². The molecule has 0 rings (SSSR count). The van der Waals surface area contributed by atoms with Crippen molar-refractivity contribution in [2.24, 2.45) is 0 Å². The monoisotopic (exact) mass is 190 g/mol. The minimum atomic E-state index is -0.741. The Morgan fingerprint density at radius 2 is 2.00 bits per heavy atom. The Bertz CT molecular complexity index is 177. The fourth-order valence-electron chi connectivity index (χ4n) is 0.630. The summed E-state index contributed by atoms with van der Waals surface area (Å²) in [5.41, 5.74) is 0. The molecule has 76 valence electrons. The average Bonchev–Trinajstić information content (AvgIpc) is 2.13. The highest BCUT2D eigenvalue weighted by Crippen LogP contribution is 1.93. The molecule has 0 aliphatic carbocycles. The van der Waals surface area contributed by atoms with Gasteiger partial charge in [-0.25, -0.2) is 9.59 Å². The van der Waals surface area contributed by atoms with E-state index in [4.69, 9.17) is 4.74 Å². The maximum atomic E-state index is 10.8. The van der Waals surface area contributed by atoms with E-state index in [1.165, 1.54) is 14.0 Å². The normalized spacial score (nSPS) is 11.9. The van der Waals surface area contributed by atoms with Gasteiger partial charge in [-0.2, -0.15) is 0 Å². The summed E-state index contributed by atoms with van der Waals surface area (Å²) in [5.74, 6) is -0.998. The van der Waals surface area contributed by atoms with Gasteiger partial charge in [0.25, 0.3) is 0 Å². The standard InChI is InChI=1S/C8H14O5/c1-4-12-7(9)5-13-6(2)8(10)11-3/h6H,4-5H2,1-3H3/t6-/m1/s1. The Morgan fingerprint density at radius 3 is 2.46 bits per heavy atom. The van der Waals surface area contributed by atoms with Crippen LogP contribution in [0.15, 0.2) is 0 Å². The van der Waals surface area contributed by atoms with Crippen LogP contribution in [-0.2, 0) is 23.8 Å². The highest BCUT2D eigenvalue weighted by Gasteiger charge is 2.15. The maximum Gasteiger partial charge on any atom is 0.334 e. The van der Waals surface area contributed by atoms with Crippen LogP contribution in [0.5, 0.6) is 0 Å². The molecule has 0 unspecified atom stereocenters. The van der Waals surface area contributed by atoms with Crippen LogP contribution in [0.2, 0.25) is 0 Å². The second kappa shape index (κ2) is 6.42. The third kappa shape index (κ3) is 5.19. The molecule has 5 nitrogen and oxygen atoms in total. The predicted molar refractivity (Wildman–Crippen MR) is 44.1 cm³/mol. The first kappa shape index (κ1) is 11.9. The second-order valence-corrected chi connectivity index (χ2v) is 2.28. The zero-order valence-electron chi connectivity index (χ0n) is 8.03. The van der Waals surface area contributed by atoms with Crippen molar-refractivity contribution < 1.29 is 23.8 Å². The Hall–Kier alpha value is -1.10. The molecule has 0 aromatic carbocycles. The van der Waals surface area contributed by atoms with E-state index in [2.05, 4.69) is 9.47 Å². The van der Waals surface area contributed by atoms with Crippen LogP contribution < -0.4 is 0 Å². The largest absolute Gasteiger partial charge is 0.467 e. The second-order valence-electron chi connectivity index (χ2n) is 2.28. The maximum absolute atomic E-state index is 10.8. The molecule has 0 saturated heterocycles. The van der Waals surface area contributed by atoms with Gasteiger partial charge in [-0.1, -0.05) is 0 Å². The van der Waals surface area contributed by atoms with Gasteiger partial charge in [0.05, 0.1) is 13.7 Å². The molecular weight excluding hydrogens is 176 g/mol. The fourth-order valence-corrected chi connectivity index (χ4v) is 0.630. The molecule has 0 spiro atoms. The fraction of sp³-hybridized carbons (Fsp3) is 0.750. The third-order valence-corrected chi connectivity index (χ3v) is 1.29. The summed E-state index contributed by atoms with van der Waals surface area (Å²) >= 11 is 0. The first-order valence-electron chi connectivity index (χ1n) is 3.96. The summed E-state index contributed by atoms with van der Waals surface area (Å²) in [4.78, 5) is 21.5. The van der Waals surface area contributed by atoms with Crippen molar-refractivity contribution in [3.8, 4) is 0 Å². The summed E-state index contributed by atoms with van der Waals surface area (Å²) in [6.07, 6.45) is -0.741. The molecule has 0 heterocycles. The third-order valence-electron chi connectivity index (χ3n) is 1.29. The number of esters is 2. The smallest absolute Gasteiger partial charge is 0.334 e. The lowest BCUT2D eigenvalue weighted by Gasteiger charge is -2.09. The Labute approximate surface area is 77.0 Å². The van der Waals surface area contributed by atoms with Gasteiger partial charge in [-0.3, -0.25) is 0 Å². The first-order chi connectivity index (χ1) is 6.11. The van der Waals surface area contributed by atoms with E-state index in [-0.39, 0.29) is 6.61 Å². The van der Waals surface area contributed by atoms with E-state index in [1.807, 2.05) is 0 Å². The van der Waals surface area contributed by atoms with E-state index >= 15 is 0 Å². The highest BCUT2D eigenvalue weighted by atomic mass is 16.6. The molecule has 0 radical (unpaired) electrons. The van der Waals surface area contributed by atoms with Crippen LogP contribution in [0.1, 0.15) is 13.8 Å². The molecule has 5 heteroatoms. The first-order valence-corrected chi connectivity index (χ1v) is 3.96. The van der Waals surface area contributed by atoms with Gasteiger partial charge in [0.1, 0.15) is 6.61 Å². The van der Waals surface area contributed by atoms with Crippen LogP contribution in [0.4, 0.5) is 0 Å². The van der Waals surface area contributed by atoms with E-state index in [1.54, 1.807) is 6.92 Å². The van der Waals surface area contributed by atoms with Crippen LogP contribution in [-0.4, -0.2) is 38.4 Å². The zero-order chi connectivity index (χ0) is 10.3.